The first-order chi connectivity index (χ1) is 16.1. The van der Waals surface area contributed by atoms with Crippen molar-refractivity contribution in [2.24, 2.45) is 0 Å². The number of hydrogen-bond donors (Lipinski definition) is 1. The van der Waals surface area contributed by atoms with Crippen molar-refractivity contribution in [2.75, 3.05) is 18.6 Å². The normalized spacial score (nSPS) is 19.2. The van der Waals surface area contributed by atoms with Gasteiger partial charge in [-0.05, 0) is 60.9 Å². The maximum absolute atomic E-state index is 13.2. The van der Waals surface area contributed by atoms with Crippen molar-refractivity contribution in [1.29, 1.82) is 0 Å². The summed E-state index contributed by atoms with van der Waals surface area (Å²) in [4.78, 5) is 32.2. The second kappa shape index (κ2) is 8.43. The van der Waals surface area contributed by atoms with Crippen molar-refractivity contribution >= 4 is 23.1 Å². The molecule has 1 aromatic heterocycles. The van der Waals surface area contributed by atoms with Crippen molar-refractivity contribution < 1.29 is 24.2 Å². The third kappa shape index (κ3) is 3.61. The van der Waals surface area contributed by atoms with Crippen molar-refractivity contribution in [1.82, 2.24) is 4.98 Å². The number of benzene rings is 2. The maximum atomic E-state index is 13.2. The van der Waals surface area contributed by atoms with Crippen LogP contribution in [0.3, 0.4) is 0 Å². The monoisotopic (exact) mass is 442 g/mol. The number of hydrogen-bond acceptors (Lipinski definition) is 6. The Morgan fingerprint density at radius 3 is 2.79 bits per heavy atom. The fourth-order valence-electron chi connectivity index (χ4n) is 4.34. The van der Waals surface area contributed by atoms with Crippen LogP contribution in [0.5, 0.6) is 11.5 Å². The molecule has 1 N–H and O–H groups in total. The Morgan fingerprint density at radius 1 is 1.12 bits per heavy atom. The number of carbonyl (C=O) groups is 2. The van der Waals surface area contributed by atoms with E-state index in [0.717, 1.165) is 24.2 Å². The van der Waals surface area contributed by atoms with Gasteiger partial charge in [-0.2, -0.15) is 0 Å². The largest absolute Gasteiger partial charge is 0.507 e. The van der Waals surface area contributed by atoms with Crippen LogP contribution in [-0.2, 0) is 16.0 Å². The number of aliphatic hydroxyl groups is 1. The molecule has 2 aliphatic rings. The van der Waals surface area contributed by atoms with Gasteiger partial charge in [0.1, 0.15) is 23.3 Å². The summed E-state index contributed by atoms with van der Waals surface area (Å²) in [5.74, 6) is -0.413. The van der Waals surface area contributed by atoms with Crippen LogP contribution in [0, 0.1) is 0 Å². The average Bonchev–Trinajstić information content (AvgIpc) is 3.14. The molecule has 166 valence electrons. The van der Waals surface area contributed by atoms with Gasteiger partial charge in [0.2, 0.25) is 0 Å². The fourth-order valence-corrected chi connectivity index (χ4v) is 4.34. The minimum atomic E-state index is -0.884. The first kappa shape index (κ1) is 20.8. The van der Waals surface area contributed by atoms with Crippen molar-refractivity contribution in [3.05, 3.63) is 89.3 Å². The Balaban J connectivity index is 1.68. The highest BCUT2D eigenvalue weighted by Gasteiger charge is 2.47. The third-order valence-electron chi connectivity index (χ3n) is 5.93. The highest BCUT2D eigenvalue weighted by molar-refractivity contribution is 6.51. The smallest absolute Gasteiger partial charge is 0.300 e. The first-order valence-electron chi connectivity index (χ1n) is 10.7. The topological polar surface area (TPSA) is 89.0 Å². The first-order valence-corrected chi connectivity index (χ1v) is 10.7. The van der Waals surface area contributed by atoms with Crippen LogP contribution < -0.4 is 14.4 Å². The van der Waals surface area contributed by atoms with Crippen molar-refractivity contribution in [3.8, 4) is 11.5 Å². The van der Waals surface area contributed by atoms with E-state index in [-0.39, 0.29) is 11.3 Å². The number of aryl methyl sites for hydroxylation is 1. The number of fused-ring (bicyclic) bond motifs is 1. The molecule has 2 aromatic carbocycles. The molecule has 1 fully saturated rings. The molecule has 1 atom stereocenters. The summed E-state index contributed by atoms with van der Waals surface area (Å²) in [7, 11) is 1.53. The summed E-state index contributed by atoms with van der Waals surface area (Å²) in [6.45, 7) is 0.656. The zero-order valence-electron chi connectivity index (χ0n) is 18.0. The second-order valence-corrected chi connectivity index (χ2v) is 7.90. The molecule has 5 rings (SSSR count). The number of anilines is 1. The SMILES string of the molecule is COc1cccc(N2C(=O)C(=O)/C(=C(\O)c3ccc4c(c3)CCCO4)C2c2ccccn2)c1. The molecular formula is C26H22N2O5. The van der Waals surface area contributed by atoms with Gasteiger partial charge >= 0.3 is 0 Å². The van der Waals surface area contributed by atoms with Gasteiger partial charge in [-0.15, -0.1) is 0 Å². The summed E-state index contributed by atoms with van der Waals surface area (Å²) in [6, 6.07) is 16.6. The number of pyridine rings is 1. The number of rotatable bonds is 4. The molecule has 3 heterocycles. The fraction of sp³-hybridized carbons (Fsp3) is 0.192. The number of ketones is 1. The van der Waals surface area contributed by atoms with Gasteiger partial charge in [-0.3, -0.25) is 19.5 Å². The lowest BCUT2D eigenvalue weighted by atomic mass is 9.96. The summed E-state index contributed by atoms with van der Waals surface area (Å²) in [5.41, 5.74) is 2.37. The number of methoxy groups -OCH3 is 1. The van der Waals surface area contributed by atoms with E-state index >= 15 is 0 Å². The minimum Gasteiger partial charge on any atom is -0.507 e. The van der Waals surface area contributed by atoms with Gasteiger partial charge in [0.05, 0.1) is 25.0 Å². The second-order valence-electron chi connectivity index (χ2n) is 7.90. The molecule has 0 radical (unpaired) electrons. The number of carbonyl (C=O) groups excluding carboxylic acids is 2. The lowest BCUT2D eigenvalue weighted by Gasteiger charge is -2.25. The average molecular weight is 442 g/mol. The van der Waals surface area contributed by atoms with E-state index in [2.05, 4.69) is 4.98 Å². The van der Waals surface area contributed by atoms with Crippen molar-refractivity contribution in [3.63, 3.8) is 0 Å². The maximum Gasteiger partial charge on any atom is 0.300 e. The summed E-state index contributed by atoms with van der Waals surface area (Å²) < 4.78 is 11.0. The van der Waals surface area contributed by atoms with Crippen LogP contribution in [-0.4, -0.2) is 35.5 Å². The Labute approximate surface area is 190 Å². The number of aliphatic hydroxyl groups excluding tert-OH is 1. The molecule has 1 unspecified atom stereocenters. The van der Waals surface area contributed by atoms with Gasteiger partial charge in [-0.1, -0.05) is 12.1 Å². The Hall–Kier alpha value is -4.13. The van der Waals surface area contributed by atoms with Crippen LogP contribution in [0.4, 0.5) is 5.69 Å². The van der Waals surface area contributed by atoms with Crippen LogP contribution in [0.1, 0.15) is 29.3 Å². The quantitative estimate of drug-likeness (QED) is 0.373. The molecule has 0 spiro atoms. The molecule has 33 heavy (non-hydrogen) atoms. The van der Waals surface area contributed by atoms with E-state index < -0.39 is 17.7 Å². The van der Waals surface area contributed by atoms with Crippen LogP contribution >= 0.6 is 0 Å². The van der Waals surface area contributed by atoms with E-state index in [1.165, 1.54) is 12.0 Å². The lowest BCUT2D eigenvalue weighted by molar-refractivity contribution is -0.132. The predicted molar refractivity (Wildman–Crippen MR) is 122 cm³/mol. The number of ether oxygens (including phenoxy) is 2. The van der Waals surface area contributed by atoms with Crippen LogP contribution in [0.25, 0.3) is 5.76 Å². The van der Waals surface area contributed by atoms with E-state index in [1.54, 1.807) is 60.8 Å². The van der Waals surface area contributed by atoms with Gasteiger partial charge in [0, 0.05) is 23.5 Å². The van der Waals surface area contributed by atoms with E-state index in [0.29, 0.717) is 29.3 Å². The van der Waals surface area contributed by atoms with Gasteiger partial charge in [0.25, 0.3) is 11.7 Å². The van der Waals surface area contributed by atoms with E-state index in [4.69, 9.17) is 9.47 Å². The van der Waals surface area contributed by atoms with Gasteiger partial charge in [-0.25, -0.2) is 0 Å². The molecule has 2 aliphatic heterocycles. The van der Waals surface area contributed by atoms with Crippen molar-refractivity contribution in [2.45, 2.75) is 18.9 Å². The lowest BCUT2D eigenvalue weighted by Crippen LogP contribution is -2.29. The van der Waals surface area contributed by atoms with Gasteiger partial charge < -0.3 is 14.6 Å². The highest BCUT2D eigenvalue weighted by Crippen LogP contribution is 2.42. The standard InChI is InChI=1S/C26H22N2O5/c1-32-19-8-4-7-18(15-19)28-23(20-9-2-3-12-27-20)22(25(30)26(28)31)24(29)17-10-11-21-16(14-17)6-5-13-33-21/h2-4,7-12,14-15,23,29H,5-6,13H2,1H3/b24-22-. The zero-order chi connectivity index (χ0) is 22.9. The molecule has 0 saturated carbocycles. The number of aromatic nitrogens is 1. The molecule has 0 bridgehead atoms. The molecule has 1 amide bonds. The Kier molecular flexibility index (Phi) is 5.30. The number of Topliss-reactive ketones (excluding diaryl/α,β-unsaturated/α-hetero) is 1. The molecular weight excluding hydrogens is 420 g/mol. The summed E-state index contributed by atoms with van der Waals surface area (Å²) in [6.07, 6.45) is 3.29. The van der Waals surface area contributed by atoms with Crippen LogP contribution in [0.2, 0.25) is 0 Å². The van der Waals surface area contributed by atoms with E-state index in [1.807, 2.05) is 6.07 Å². The molecule has 3 aromatic rings. The number of amides is 1. The Bertz CT molecular complexity index is 1270. The van der Waals surface area contributed by atoms with Crippen LogP contribution in [0.15, 0.2) is 72.4 Å². The zero-order valence-corrected chi connectivity index (χ0v) is 18.0. The molecule has 7 nitrogen and oxygen atoms in total. The predicted octanol–water partition coefficient (Wildman–Crippen LogP) is 4.04. The van der Waals surface area contributed by atoms with Gasteiger partial charge in [0.15, 0.2) is 0 Å². The summed E-state index contributed by atoms with van der Waals surface area (Å²) in [5, 5.41) is 11.3. The highest BCUT2D eigenvalue weighted by atomic mass is 16.5. The molecule has 1 saturated heterocycles. The Morgan fingerprint density at radius 2 is 2.00 bits per heavy atom. The molecule has 7 heteroatoms. The summed E-state index contributed by atoms with van der Waals surface area (Å²) >= 11 is 0. The number of nitrogens with zero attached hydrogens (tertiary/aromatic N) is 2. The minimum absolute atomic E-state index is 0.00167. The molecule has 0 aliphatic carbocycles. The third-order valence-corrected chi connectivity index (χ3v) is 5.93. The van der Waals surface area contributed by atoms with E-state index in [9.17, 15) is 14.7 Å².